The number of hydrogen-bond acceptors (Lipinski definition) is 8. The first-order valence-corrected chi connectivity index (χ1v) is 9.77. The van der Waals surface area contributed by atoms with Gasteiger partial charge in [0.25, 0.3) is 5.56 Å². The molecule has 0 aromatic carbocycles. The summed E-state index contributed by atoms with van der Waals surface area (Å²) in [5, 5.41) is 26.6. The predicted molar refractivity (Wildman–Crippen MR) is 110 cm³/mol. The summed E-state index contributed by atoms with van der Waals surface area (Å²) < 4.78 is 1.40. The molecule has 0 saturated heterocycles. The molecule has 29 heavy (non-hydrogen) atoms. The quantitative estimate of drug-likeness (QED) is 0.475. The van der Waals surface area contributed by atoms with Crippen LogP contribution in [0.3, 0.4) is 0 Å². The lowest BCUT2D eigenvalue weighted by atomic mass is 10.1. The molecular weight excluding hydrogens is 372 g/mol. The van der Waals surface area contributed by atoms with Gasteiger partial charge in [0.1, 0.15) is 17.5 Å². The highest BCUT2D eigenvalue weighted by atomic mass is 16.3. The second kappa shape index (κ2) is 8.54. The van der Waals surface area contributed by atoms with Crippen molar-refractivity contribution in [1.82, 2.24) is 19.5 Å². The lowest BCUT2D eigenvalue weighted by molar-refractivity contribution is 0.0805. The topological polar surface area (TPSA) is 125 Å². The number of hydrogen-bond donors (Lipinski definition) is 4. The first kappa shape index (κ1) is 19.3. The zero-order valence-electron chi connectivity index (χ0n) is 16.0. The standard InChI is InChI=1S/C20H24N6O3/c27-12-15(28)11-26-8-5-13-9-16(24-17-10-21-6-7-22-17)25-19(18(13)20(26)29)23-14-3-1-2-4-14/h5-10,14-15,27-28H,1-4,11-12H2,(H2,22,23,24,25). The van der Waals surface area contributed by atoms with Gasteiger partial charge in [0.05, 0.1) is 30.8 Å². The molecule has 1 aliphatic rings. The molecule has 1 fully saturated rings. The van der Waals surface area contributed by atoms with Gasteiger partial charge >= 0.3 is 0 Å². The van der Waals surface area contributed by atoms with Crippen LogP contribution in [0.25, 0.3) is 10.8 Å². The maximum Gasteiger partial charge on any atom is 0.262 e. The van der Waals surface area contributed by atoms with Gasteiger partial charge in [-0.05, 0) is 30.4 Å². The normalized spacial score (nSPS) is 15.5. The molecule has 152 valence electrons. The smallest absolute Gasteiger partial charge is 0.262 e. The number of aliphatic hydroxyl groups is 2. The van der Waals surface area contributed by atoms with E-state index in [2.05, 4.69) is 25.6 Å². The maximum absolute atomic E-state index is 13.1. The predicted octanol–water partition coefficient (Wildman–Crippen LogP) is 1.64. The number of nitrogens with zero attached hydrogens (tertiary/aromatic N) is 4. The molecule has 3 aromatic rings. The lowest BCUT2D eigenvalue weighted by Crippen LogP contribution is -2.29. The van der Waals surface area contributed by atoms with Crippen molar-refractivity contribution >= 4 is 28.2 Å². The minimum Gasteiger partial charge on any atom is -0.394 e. The fraction of sp³-hybridized carbons (Fsp3) is 0.400. The summed E-state index contributed by atoms with van der Waals surface area (Å²) in [5.74, 6) is 1.63. The first-order valence-electron chi connectivity index (χ1n) is 9.77. The Labute approximate surface area is 167 Å². The van der Waals surface area contributed by atoms with Gasteiger partial charge in [0, 0.05) is 24.6 Å². The molecule has 1 unspecified atom stereocenters. The molecule has 9 heteroatoms. The number of aliphatic hydroxyl groups excluding tert-OH is 2. The van der Waals surface area contributed by atoms with Gasteiger partial charge in [-0.3, -0.25) is 9.78 Å². The van der Waals surface area contributed by atoms with Gasteiger partial charge in [-0.15, -0.1) is 0 Å². The summed E-state index contributed by atoms with van der Waals surface area (Å²) in [6, 6.07) is 3.87. The molecule has 0 radical (unpaired) electrons. The van der Waals surface area contributed by atoms with Crippen molar-refractivity contribution < 1.29 is 10.2 Å². The first-order chi connectivity index (χ1) is 14.1. The third kappa shape index (κ3) is 4.36. The van der Waals surface area contributed by atoms with Crippen LogP contribution in [0.4, 0.5) is 17.5 Å². The van der Waals surface area contributed by atoms with Crippen LogP contribution in [0.1, 0.15) is 25.7 Å². The van der Waals surface area contributed by atoms with Gasteiger partial charge in [-0.1, -0.05) is 12.8 Å². The van der Waals surface area contributed by atoms with Gasteiger partial charge in [-0.25, -0.2) is 9.97 Å². The Bertz CT molecular complexity index is 1030. The van der Waals surface area contributed by atoms with E-state index in [0.717, 1.165) is 31.1 Å². The van der Waals surface area contributed by atoms with Crippen molar-refractivity contribution in [2.24, 2.45) is 0 Å². The molecule has 3 aromatic heterocycles. The van der Waals surface area contributed by atoms with Crippen LogP contribution in [-0.4, -0.2) is 48.5 Å². The molecule has 4 rings (SSSR count). The Morgan fingerprint density at radius 2 is 2.07 bits per heavy atom. The van der Waals surface area contributed by atoms with Crippen molar-refractivity contribution in [3.63, 3.8) is 0 Å². The highest BCUT2D eigenvalue weighted by Gasteiger charge is 2.19. The van der Waals surface area contributed by atoms with E-state index in [4.69, 9.17) is 5.11 Å². The molecule has 0 spiro atoms. The van der Waals surface area contributed by atoms with Gasteiger partial charge in [0.15, 0.2) is 0 Å². The number of pyridine rings is 2. The minimum absolute atomic E-state index is 0.0216. The molecule has 0 amide bonds. The number of anilines is 3. The van der Waals surface area contributed by atoms with E-state index in [1.165, 1.54) is 4.57 Å². The Hall–Kier alpha value is -3.04. The summed E-state index contributed by atoms with van der Waals surface area (Å²) in [6.45, 7) is -0.384. The van der Waals surface area contributed by atoms with E-state index >= 15 is 0 Å². The number of rotatable bonds is 7. The number of aromatic nitrogens is 4. The fourth-order valence-electron chi connectivity index (χ4n) is 3.66. The molecule has 4 N–H and O–H groups in total. The zero-order valence-corrected chi connectivity index (χ0v) is 16.0. The molecule has 0 bridgehead atoms. The second-order valence-corrected chi connectivity index (χ2v) is 7.27. The molecular formula is C20H24N6O3. The van der Waals surface area contributed by atoms with E-state index in [1.807, 2.05) is 6.07 Å². The summed E-state index contributed by atoms with van der Waals surface area (Å²) >= 11 is 0. The molecule has 9 nitrogen and oxygen atoms in total. The highest BCUT2D eigenvalue weighted by molar-refractivity contribution is 5.93. The van der Waals surface area contributed by atoms with Crippen LogP contribution in [-0.2, 0) is 6.54 Å². The second-order valence-electron chi connectivity index (χ2n) is 7.27. The molecule has 1 aliphatic carbocycles. The maximum atomic E-state index is 13.1. The highest BCUT2D eigenvalue weighted by Crippen LogP contribution is 2.27. The average molecular weight is 396 g/mol. The Morgan fingerprint density at radius 1 is 1.24 bits per heavy atom. The lowest BCUT2D eigenvalue weighted by Gasteiger charge is -2.17. The van der Waals surface area contributed by atoms with E-state index in [1.54, 1.807) is 30.9 Å². The van der Waals surface area contributed by atoms with E-state index in [0.29, 0.717) is 22.8 Å². The summed E-state index contributed by atoms with van der Waals surface area (Å²) in [6.07, 6.45) is 9.78. The van der Waals surface area contributed by atoms with Crippen LogP contribution in [0.2, 0.25) is 0 Å². The van der Waals surface area contributed by atoms with Crippen LogP contribution < -0.4 is 16.2 Å². The van der Waals surface area contributed by atoms with Gasteiger partial charge in [0.2, 0.25) is 0 Å². The van der Waals surface area contributed by atoms with E-state index in [9.17, 15) is 9.90 Å². The zero-order chi connectivity index (χ0) is 20.2. The minimum atomic E-state index is -0.998. The fourth-order valence-corrected chi connectivity index (χ4v) is 3.66. The van der Waals surface area contributed by atoms with Crippen molar-refractivity contribution in [2.45, 2.75) is 44.4 Å². The van der Waals surface area contributed by atoms with Crippen molar-refractivity contribution in [3.8, 4) is 0 Å². The number of fused-ring (bicyclic) bond motifs is 1. The molecule has 0 aliphatic heterocycles. The third-order valence-corrected chi connectivity index (χ3v) is 5.09. The number of nitrogens with one attached hydrogen (secondary N) is 2. The monoisotopic (exact) mass is 396 g/mol. The Morgan fingerprint density at radius 3 is 2.79 bits per heavy atom. The molecule has 1 saturated carbocycles. The SMILES string of the molecule is O=c1c2c(NC3CCCC3)nc(Nc3cnccn3)cc2ccn1CC(O)CO. The Balaban J connectivity index is 1.77. The average Bonchev–Trinajstić information content (AvgIpc) is 3.23. The van der Waals surface area contributed by atoms with E-state index in [-0.39, 0.29) is 18.1 Å². The molecule has 3 heterocycles. The van der Waals surface area contributed by atoms with Crippen LogP contribution >= 0.6 is 0 Å². The van der Waals surface area contributed by atoms with Crippen LogP contribution in [0, 0.1) is 0 Å². The summed E-state index contributed by atoms with van der Waals surface area (Å²) in [7, 11) is 0. The molecule has 1 atom stereocenters. The van der Waals surface area contributed by atoms with Gasteiger partial charge in [-0.2, -0.15) is 0 Å². The third-order valence-electron chi connectivity index (χ3n) is 5.09. The van der Waals surface area contributed by atoms with Crippen LogP contribution in [0.5, 0.6) is 0 Å². The van der Waals surface area contributed by atoms with Crippen molar-refractivity contribution in [2.75, 3.05) is 17.2 Å². The van der Waals surface area contributed by atoms with Crippen molar-refractivity contribution in [3.05, 3.63) is 47.3 Å². The largest absolute Gasteiger partial charge is 0.394 e. The summed E-state index contributed by atoms with van der Waals surface area (Å²) in [4.78, 5) is 26.0. The van der Waals surface area contributed by atoms with Gasteiger partial charge < -0.3 is 25.4 Å². The van der Waals surface area contributed by atoms with Crippen LogP contribution in [0.15, 0.2) is 41.7 Å². The Kier molecular flexibility index (Phi) is 5.68. The van der Waals surface area contributed by atoms with E-state index < -0.39 is 12.7 Å². The van der Waals surface area contributed by atoms with Crippen molar-refractivity contribution in [1.29, 1.82) is 0 Å². The summed E-state index contributed by atoms with van der Waals surface area (Å²) in [5.41, 5.74) is -0.256.